The number of aryl methyl sites for hydroxylation is 1. The number of likely N-dealkylation sites (N-methyl/N-ethyl adjacent to an activating group) is 1. The Kier molecular flexibility index (Phi) is 7.39. The first kappa shape index (κ1) is 21.4. The van der Waals surface area contributed by atoms with Crippen molar-refractivity contribution in [2.75, 3.05) is 13.6 Å². The van der Waals surface area contributed by atoms with Gasteiger partial charge in [-0.2, -0.15) is 5.10 Å². The van der Waals surface area contributed by atoms with Crippen molar-refractivity contribution >= 4 is 18.3 Å². The van der Waals surface area contributed by atoms with Gasteiger partial charge in [0.1, 0.15) is 11.9 Å². The standard InChI is InChI=1S/C20H27FN4O.ClH/c1-22-18(15-12-24-25(2)13-15)19(26)23-14-20(9-4-3-5-10-20)16-7-6-8-17(21)11-16;/h6-8,11-13,18,22H,3-5,9-10,14H2,1-2H3,(H,23,26);1H. The lowest BCUT2D eigenvalue weighted by molar-refractivity contribution is -0.123. The number of hydrogen-bond donors (Lipinski definition) is 2. The van der Waals surface area contributed by atoms with E-state index in [1.165, 1.54) is 12.5 Å². The molecule has 1 aliphatic rings. The van der Waals surface area contributed by atoms with Gasteiger partial charge in [0.2, 0.25) is 5.91 Å². The van der Waals surface area contributed by atoms with Gasteiger partial charge in [0.25, 0.3) is 0 Å². The summed E-state index contributed by atoms with van der Waals surface area (Å²) >= 11 is 0. The molecule has 1 unspecified atom stereocenters. The highest BCUT2D eigenvalue weighted by Crippen LogP contribution is 2.39. The molecule has 5 nitrogen and oxygen atoms in total. The molecule has 1 aromatic carbocycles. The van der Waals surface area contributed by atoms with E-state index in [0.717, 1.165) is 36.8 Å². The van der Waals surface area contributed by atoms with Crippen LogP contribution in [0.25, 0.3) is 0 Å². The van der Waals surface area contributed by atoms with Crippen LogP contribution in [-0.2, 0) is 17.3 Å². The first-order valence-electron chi connectivity index (χ1n) is 9.24. The van der Waals surface area contributed by atoms with Crippen LogP contribution < -0.4 is 10.6 Å². The highest BCUT2D eigenvalue weighted by atomic mass is 35.5. The number of carbonyl (C=O) groups excluding carboxylic acids is 1. The number of aromatic nitrogens is 2. The topological polar surface area (TPSA) is 59.0 Å². The van der Waals surface area contributed by atoms with Gasteiger partial charge in [-0.05, 0) is 37.6 Å². The lowest BCUT2D eigenvalue weighted by Crippen LogP contribution is -2.45. The van der Waals surface area contributed by atoms with Gasteiger partial charge < -0.3 is 10.6 Å². The fraction of sp³-hybridized carbons (Fsp3) is 0.500. The Morgan fingerprint density at radius 3 is 2.67 bits per heavy atom. The molecule has 1 aliphatic carbocycles. The van der Waals surface area contributed by atoms with E-state index in [0.29, 0.717) is 6.54 Å². The van der Waals surface area contributed by atoms with Gasteiger partial charge in [0.15, 0.2) is 0 Å². The van der Waals surface area contributed by atoms with Crippen molar-refractivity contribution in [3.05, 3.63) is 53.6 Å². The third-order valence-corrected chi connectivity index (χ3v) is 5.46. The minimum absolute atomic E-state index is 0. The molecule has 1 heterocycles. The van der Waals surface area contributed by atoms with Gasteiger partial charge in [-0.1, -0.05) is 31.4 Å². The summed E-state index contributed by atoms with van der Waals surface area (Å²) in [4.78, 5) is 12.8. The molecule has 27 heavy (non-hydrogen) atoms. The van der Waals surface area contributed by atoms with Crippen molar-refractivity contribution in [1.82, 2.24) is 20.4 Å². The molecular formula is C20H28ClFN4O. The molecule has 1 aromatic heterocycles. The lowest BCUT2D eigenvalue weighted by Gasteiger charge is -2.38. The normalized spacial score (nSPS) is 17.0. The summed E-state index contributed by atoms with van der Waals surface area (Å²) in [6.07, 6.45) is 8.86. The van der Waals surface area contributed by atoms with E-state index in [1.807, 2.05) is 19.3 Å². The SMILES string of the molecule is CNC(C(=O)NCC1(c2cccc(F)c2)CCCCC1)c1cnn(C)c1.Cl. The smallest absolute Gasteiger partial charge is 0.241 e. The number of nitrogens with zero attached hydrogens (tertiary/aromatic N) is 2. The van der Waals surface area contributed by atoms with Crippen LogP contribution in [0.2, 0.25) is 0 Å². The van der Waals surface area contributed by atoms with E-state index in [-0.39, 0.29) is 29.5 Å². The molecule has 3 rings (SSSR count). The Morgan fingerprint density at radius 2 is 2.07 bits per heavy atom. The molecular weight excluding hydrogens is 367 g/mol. The van der Waals surface area contributed by atoms with Crippen LogP contribution in [0.3, 0.4) is 0 Å². The van der Waals surface area contributed by atoms with Gasteiger partial charge in [0, 0.05) is 30.8 Å². The molecule has 1 amide bonds. The Hall–Kier alpha value is -1.92. The average molecular weight is 395 g/mol. The van der Waals surface area contributed by atoms with Gasteiger partial charge >= 0.3 is 0 Å². The largest absolute Gasteiger partial charge is 0.354 e. The Balaban J connectivity index is 0.00000261. The van der Waals surface area contributed by atoms with E-state index in [1.54, 1.807) is 30.1 Å². The predicted octanol–water partition coefficient (Wildman–Crippen LogP) is 3.26. The summed E-state index contributed by atoms with van der Waals surface area (Å²) in [6.45, 7) is 0.522. The molecule has 2 aromatic rings. The van der Waals surface area contributed by atoms with E-state index >= 15 is 0 Å². The quantitative estimate of drug-likeness (QED) is 0.790. The molecule has 1 fully saturated rings. The van der Waals surface area contributed by atoms with Crippen molar-refractivity contribution in [3.63, 3.8) is 0 Å². The van der Waals surface area contributed by atoms with Crippen molar-refractivity contribution in [2.45, 2.75) is 43.6 Å². The van der Waals surface area contributed by atoms with Crippen LogP contribution in [0.15, 0.2) is 36.7 Å². The van der Waals surface area contributed by atoms with Gasteiger partial charge in [-0.25, -0.2) is 4.39 Å². The average Bonchev–Trinajstić information content (AvgIpc) is 3.07. The third kappa shape index (κ3) is 4.87. The molecule has 1 saturated carbocycles. The maximum atomic E-state index is 13.8. The zero-order chi connectivity index (χ0) is 18.6. The van der Waals surface area contributed by atoms with Gasteiger partial charge in [-0.15, -0.1) is 12.4 Å². The van der Waals surface area contributed by atoms with Crippen LogP contribution >= 0.6 is 12.4 Å². The van der Waals surface area contributed by atoms with Crippen LogP contribution in [0.4, 0.5) is 4.39 Å². The van der Waals surface area contributed by atoms with E-state index in [4.69, 9.17) is 0 Å². The number of hydrogen-bond acceptors (Lipinski definition) is 3. The van der Waals surface area contributed by atoms with Crippen LogP contribution in [0.1, 0.15) is 49.3 Å². The summed E-state index contributed by atoms with van der Waals surface area (Å²) < 4.78 is 15.5. The number of amides is 1. The zero-order valence-corrected chi connectivity index (χ0v) is 16.7. The first-order valence-corrected chi connectivity index (χ1v) is 9.24. The number of rotatable bonds is 6. The molecule has 0 spiro atoms. The maximum absolute atomic E-state index is 13.8. The van der Waals surface area contributed by atoms with Crippen molar-refractivity contribution in [3.8, 4) is 0 Å². The number of halogens is 2. The lowest BCUT2D eigenvalue weighted by atomic mass is 9.69. The van der Waals surface area contributed by atoms with Crippen molar-refractivity contribution in [2.24, 2.45) is 7.05 Å². The Bertz CT molecular complexity index is 758. The second-order valence-electron chi connectivity index (χ2n) is 7.24. The van der Waals surface area contributed by atoms with E-state index in [9.17, 15) is 9.18 Å². The van der Waals surface area contributed by atoms with Gasteiger partial charge in [-0.3, -0.25) is 9.48 Å². The van der Waals surface area contributed by atoms with Crippen molar-refractivity contribution in [1.29, 1.82) is 0 Å². The second-order valence-corrected chi connectivity index (χ2v) is 7.24. The van der Waals surface area contributed by atoms with Crippen molar-refractivity contribution < 1.29 is 9.18 Å². The number of carbonyl (C=O) groups is 1. The number of nitrogens with one attached hydrogen (secondary N) is 2. The van der Waals surface area contributed by atoms with Gasteiger partial charge in [0.05, 0.1) is 6.20 Å². The molecule has 0 saturated heterocycles. The highest BCUT2D eigenvalue weighted by Gasteiger charge is 2.35. The molecule has 7 heteroatoms. The Morgan fingerprint density at radius 1 is 1.33 bits per heavy atom. The van der Waals surface area contributed by atoms with E-state index < -0.39 is 6.04 Å². The summed E-state index contributed by atoms with van der Waals surface area (Å²) in [5, 5.41) is 10.3. The summed E-state index contributed by atoms with van der Waals surface area (Å²) in [6, 6.07) is 6.38. The Labute approximate surface area is 166 Å². The highest BCUT2D eigenvalue weighted by molar-refractivity contribution is 5.85. The maximum Gasteiger partial charge on any atom is 0.241 e. The second kappa shape index (κ2) is 9.33. The molecule has 0 radical (unpaired) electrons. The minimum Gasteiger partial charge on any atom is -0.354 e. The first-order chi connectivity index (χ1) is 12.5. The number of benzene rings is 1. The van der Waals surface area contributed by atoms with Crippen LogP contribution in [0, 0.1) is 5.82 Å². The van der Waals surface area contributed by atoms with E-state index in [2.05, 4.69) is 15.7 Å². The molecule has 148 valence electrons. The van der Waals surface area contributed by atoms with Crippen LogP contribution in [-0.4, -0.2) is 29.3 Å². The summed E-state index contributed by atoms with van der Waals surface area (Å²) in [5.41, 5.74) is 1.62. The molecule has 0 aliphatic heterocycles. The molecule has 0 bridgehead atoms. The molecule has 1 atom stereocenters. The summed E-state index contributed by atoms with van der Waals surface area (Å²) in [7, 11) is 3.59. The zero-order valence-electron chi connectivity index (χ0n) is 15.9. The third-order valence-electron chi connectivity index (χ3n) is 5.46. The fourth-order valence-corrected chi connectivity index (χ4v) is 4.01. The molecule has 2 N–H and O–H groups in total. The summed E-state index contributed by atoms with van der Waals surface area (Å²) in [5.74, 6) is -0.302. The minimum atomic E-state index is -0.447. The van der Waals surface area contributed by atoms with Crippen LogP contribution in [0.5, 0.6) is 0 Å². The monoisotopic (exact) mass is 394 g/mol. The fourth-order valence-electron chi connectivity index (χ4n) is 4.01. The predicted molar refractivity (Wildman–Crippen MR) is 106 cm³/mol.